The van der Waals surface area contributed by atoms with E-state index in [2.05, 4.69) is 22.0 Å². The molecule has 0 amide bonds. The number of benzene rings is 3. The fourth-order valence-corrected chi connectivity index (χ4v) is 4.98. The van der Waals surface area contributed by atoms with Crippen LogP contribution >= 0.6 is 0 Å². The summed E-state index contributed by atoms with van der Waals surface area (Å²) in [5, 5.41) is 2.97. The van der Waals surface area contributed by atoms with Gasteiger partial charge in [0.05, 0.1) is 11.2 Å². The second-order valence-corrected chi connectivity index (χ2v) is 8.16. The number of halogens is 1. The van der Waals surface area contributed by atoms with Crippen molar-refractivity contribution in [3.8, 4) is 11.3 Å². The van der Waals surface area contributed by atoms with Gasteiger partial charge in [0, 0.05) is 48.8 Å². The van der Waals surface area contributed by atoms with Gasteiger partial charge in [-0.15, -0.1) is 0 Å². The van der Waals surface area contributed by atoms with Gasteiger partial charge >= 0.3 is 0 Å². The van der Waals surface area contributed by atoms with Gasteiger partial charge in [-0.3, -0.25) is 4.99 Å². The number of hydrogen-bond acceptors (Lipinski definition) is 3. The summed E-state index contributed by atoms with van der Waals surface area (Å²) >= 11 is 0. The number of para-hydroxylation sites is 1. The molecular weight excluding hydrogens is 385 g/mol. The molecule has 0 aliphatic carbocycles. The zero-order chi connectivity index (χ0) is 20.8. The quantitative estimate of drug-likeness (QED) is 0.378. The summed E-state index contributed by atoms with van der Waals surface area (Å²) in [4.78, 5) is 11.5. The normalized spacial score (nSPS) is 16.2. The first-order valence-corrected chi connectivity index (χ1v) is 10.8. The topological polar surface area (TPSA) is 28.5 Å². The first-order valence-electron chi connectivity index (χ1n) is 10.8. The van der Waals surface area contributed by atoms with E-state index in [9.17, 15) is 0 Å². The average Bonchev–Trinajstić information content (AvgIpc) is 3.05. The minimum atomic E-state index is -0.242. The van der Waals surface area contributed by atoms with E-state index in [0.717, 1.165) is 59.6 Å². The van der Waals surface area contributed by atoms with Gasteiger partial charge in [0.2, 0.25) is 0 Å². The first kappa shape index (κ1) is 18.3. The van der Waals surface area contributed by atoms with Crippen LogP contribution < -0.4 is 4.90 Å². The largest absolute Gasteiger partial charge is 0.342 e. The number of aliphatic imine (C=N–C) groups is 1. The molecule has 2 aliphatic rings. The van der Waals surface area contributed by atoms with E-state index in [1.54, 1.807) is 0 Å². The number of fused-ring (bicyclic) bond motifs is 2. The summed E-state index contributed by atoms with van der Waals surface area (Å²) < 4.78 is 16.4. The molecule has 0 bridgehead atoms. The lowest BCUT2D eigenvalue weighted by Crippen LogP contribution is -2.21. The first-order chi connectivity index (χ1) is 15.3. The van der Waals surface area contributed by atoms with Crippen molar-refractivity contribution in [2.45, 2.75) is 19.3 Å². The average molecular weight is 407 g/mol. The van der Waals surface area contributed by atoms with Gasteiger partial charge in [-0.05, 0) is 28.8 Å². The highest BCUT2D eigenvalue weighted by atomic mass is 19.1. The number of anilines is 1. The standard InChI is InChI=1S/C27H22FN3/c28-25-26(21-10-5-7-18-6-1-2-8-20(18)21)30-23-11-4-3-9-22(23)27(25)31-17-14-19-12-15-29-16-13-24(19)31/h1-11,15H,12-14,16-17H2. The Bertz CT molecular complexity index is 1380. The molecule has 3 heterocycles. The van der Waals surface area contributed by atoms with E-state index in [4.69, 9.17) is 4.98 Å². The highest BCUT2D eigenvalue weighted by molar-refractivity contribution is 6.01. The maximum absolute atomic E-state index is 16.4. The van der Waals surface area contributed by atoms with Crippen LogP contribution in [0.1, 0.15) is 19.3 Å². The molecule has 4 heteroatoms. The Hall–Kier alpha value is -3.53. The predicted octanol–water partition coefficient (Wildman–Crippen LogP) is 6.52. The summed E-state index contributed by atoms with van der Waals surface area (Å²) in [5.41, 5.74) is 5.34. The molecule has 4 aromatic rings. The van der Waals surface area contributed by atoms with Gasteiger partial charge in [0.25, 0.3) is 0 Å². The molecule has 0 fully saturated rings. The van der Waals surface area contributed by atoms with Crippen LogP contribution in [0.25, 0.3) is 32.9 Å². The highest BCUT2D eigenvalue weighted by Gasteiger charge is 2.29. The van der Waals surface area contributed by atoms with Gasteiger partial charge in [-0.2, -0.15) is 0 Å². The number of pyridine rings is 1. The molecule has 2 aliphatic heterocycles. The summed E-state index contributed by atoms with van der Waals surface area (Å²) in [6.45, 7) is 1.56. The van der Waals surface area contributed by atoms with Gasteiger partial charge in [0.15, 0.2) is 5.82 Å². The number of aromatic nitrogens is 1. The number of rotatable bonds is 2. The van der Waals surface area contributed by atoms with E-state index in [0.29, 0.717) is 11.4 Å². The molecule has 31 heavy (non-hydrogen) atoms. The third-order valence-electron chi connectivity index (χ3n) is 6.44. The van der Waals surface area contributed by atoms with Crippen molar-refractivity contribution in [2.75, 3.05) is 18.0 Å². The number of hydrogen-bond donors (Lipinski definition) is 0. The van der Waals surface area contributed by atoms with E-state index >= 15 is 4.39 Å². The van der Waals surface area contributed by atoms with Crippen LogP contribution in [0.3, 0.4) is 0 Å². The minimum Gasteiger partial charge on any atom is -0.342 e. The summed E-state index contributed by atoms with van der Waals surface area (Å²) in [6.07, 6.45) is 4.69. The van der Waals surface area contributed by atoms with Crippen LogP contribution in [-0.2, 0) is 0 Å². The van der Waals surface area contributed by atoms with E-state index in [1.165, 1.54) is 11.3 Å². The van der Waals surface area contributed by atoms with Crippen molar-refractivity contribution in [1.29, 1.82) is 0 Å². The minimum absolute atomic E-state index is 0.242. The Morgan fingerprint density at radius 1 is 0.839 bits per heavy atom. The zero-order valence-corrected chi connectivity index (χ0v) is 17.2. The van der Waals surface area contributed by atoms with Crippen LogP contribution in [0.15, 0.2) is 83.0 Å². The van der Waals surface area contributed by atoms with Crippen molar-refractivity contribution in [3.63, 3.8) is 0 Å². The van der Waals surface area contributed by atoms with Crippen LogP contribution in [-0.4, -0.2) is 24.3 Å². The molecule has 0 N–H and O–H groups in total. The Labute approximate surface area is 180 Å². The monoisotopic (exact) mass is 407 g/mol. The van der Waals surface area contributed by atoms with Crippen molar-refractivity contribution < 1.29 is 4.39 Å². The smallest absolute Gasteiger partial charge is 0.173 e. The molecule has 0 saturated carbocycles. The maximum atomic E-state index is 16.4. The third-order valence-corrected chi connectivity index (χ3v) is 6.44. The summed E-state index contributed by atoms with van der Waals surface area (Å²) in [5.74, 6) is -0.242. The van der Waals surface area contributed by atoms with E-state index < -0.39 is 0 Å². The Kier molecular flexibility index (Phi) is 4.30. The molecule has 6 rings (SSSR count). The summed E-state index contributed by atoms with van der Waals surface area (Å²) in [6, 6.07) is 22.0. The van der Waals surface area contributed by atoms with Crippen LogP contribution in [0.4, 0.5) is 10.1 Å². The van der Waals surface area contributed by atoms with Gasteiger partial charge in [-0.1, -0.05) is 60.7 Å². The van der Waals surface area contributed by atoms with E-state index in [1.807, 2.05) is 60.8 Å². The van der Waals surface area contributed by atoms with Crippen molar-refractivity contribution >= 4 is 33.6 Å². The molecule has 0 radical (unpaired) electrons. The predicted molar refractivity (Wildman–Crippen MR) is 126 cm³/mol. The van der Waals surface area contributed by atoms with Crippen LogP contribution in [0.2, 0.25) is 0 Å². The lowest BCUT2D eigenvalue weighted by Gasteiger charge is -2.26. The Morgan fingerprint density at radius 3 is 2.58 bits per heavy atom. The van der Waals surface area contributed by atoms with Crippen molar-refractivity contribution in [2.24, 2.45) is 4.99 Å². The van der Waals surface area contributed by atoms with E-state index in [-0.39, 0.29) is 5.82 Å². The lowest BCUT2D eigenvalue weighted by atomic mass is 9.99. The van der Waals surface area contributed by atoms with Gasteiger partial charge in [0.1, 0.15) is 5.69 Å². The molecule has 0 atom stereocenters. The molecule has 3 nitrogen and oxygen atoms in total. The summed E-state index contributed by atoms with van der Waals surface area (Å²) in [7, 11) is 0. The van der Waals surface area contributed by atoms with Crippen LogP contribution in [0, 0.1) is 5.82 Å². The van der Waals surface area contributed by atoms with Crippen LogP contribution in [0.5, 0.6) is 0 Å². The second kappa shape index (κ2) is 7.31. The second-order valence-electron chi connectivity index (χ2n) is 8.16. The number of nitrogens with zero attached hydrogens (tertiary/aromatic N) is 3. The van der Waals surface area contributed by atoms with Gasteiger partial charge < -0.3 is 4.90 Å². The third kappa shape index (κ3) is 2.94. The molecule has 152 valence electrons. The molecule has 1 aromatic heterocycles. The van der Waals surface area contributed by atoms with Crippen molar-refractivity contribution in [3.05, 3.63) is 83.8 Å². The molecule has 0 saturated heterocycles. The SMILES string of the molecule is Fc1c(-c2cccc3ccccc23)nc2ccccc2c1N1CCC2=C1CCN=CC2. The fraction of sp³-hybridized carbons (Fsp3) is 0.185. The van der Waals surface area contributed by atoms with Crippen molar-refractivity contribution in [1.82, 2.24) is 4.98 Å². The molecular formula is C27H22FN3. The Balaban J connectivity index is 1.62. The Morgan fingerprint density at radius 2 is 1.65 bits per heavy atom. The highest BCUT2D eigenvalue weighted by Crippen LogP contribution is 2.42. The molecule has 0 unspecified atom stereocenters. The molecule has 0 spiro atoms. The maximum Gasteiger partial charge on any atom is 0.173 e. The fourth-order valence-electron chi connectivity index (χ4n) is 4.98. The molecule has 3 aromatic carbocycles. The zero-order valence-electron chi connectivity index (χ0n) is 17.2. The lowest BCUT2D eigenvalue weighted by molar-refractivity contribution is 0.624. The van der Waals surface area contributed by atoms with Gasteiger partial charge in [-0.25, -0.2) is 9.37 Å².